The second-order valence-corrected chi connectivity index (χ2v) is 7.38. The predicted octanol–water partition coefficient (Wildman–Crippen LogP) is 3.82. The number of anilines is 1. The van der Waals surface area contributed by atoms with Crippen LogP contribution in [0.3, 0.4) is 0 Å². The maximum atomic E-state index is 12.6. The fourth-order valence-electron chi connectivity index (χ4n) is 3.15. The van der Waals surface area contributed by atoms with Crippen molar-refractivity contribution in [1.82, 2.24) is 0 Å². The molecule has 0 spiro atoms. The molecule has 1 aromatic heterocycles. The van der Waals surface area contributed by atoms with Gasteiger partial charge in [0, 0.05) is 10.9 Å². The number of ether oxygens (including phenoxy) is 1. The van der Waals surface area contributed by atoms with E-state index in [1.54, 1.807) is 6.07 Å². The maximum Gasteiger partial charge on any atom is 0.341 e. The second kappa shape index (κ2) is 7.25. The zero-order chi connectivity index (χ0) is 18.8. The van der Waals surface area contributed by atoms with E-state index in [4.69, 9.17) is 4.74 Å². The second-order valence-electron chi connectivity index (χ2n) is 6.28. The summed E-state index contributed by atoms with van der Waals surface area (Å²) in [6.45, 7) is 2.14. The molecular weight excluding hydrogens is 356 g/mol. The van der Waals surface area contributed by atoms with Gasteiger partial charge in [-0.3, -0.25) is 14.9 Å². The number of esters is 1. The van der Waals surface area contributed by atoms with E-state index >= 15 is 0 Å². The van der Waals surface area contributed by atoms with E-state index in [2.05, 4.69) is 12.2 Å². The van der Waals surface area contributed by atoms with Crippen LogP contribution in [0.15, 0.2) is 24.3 Å². The van der Waals surface area contributed by atoms with Crippen LogP contribution < -0.4 is 5.32 Å². The summed E-state index contributed by atoms with van der Waals surface area (Å²) in [4.78, 5) is 36.5. The number of rotatable bonds is 4. The molecule has 2 aromatic rings. The van der Waals surface area contributed by atoms with Gasteiger partial charge in [-0.05, 0) is 36.8 Å². The van der Waals surface area contributed by atoms with E-state index in [0.29, 0.717) is 16.5 Å². The molecule has 1 aromatic carbocycles. The van der Waals surface area contributed by atoms with Crippen LogP contribution in [0.2, 0.25) is 0 Å². The Hall–Kier alpha value is -2.74. The first-order valence-electron chi connectivity index (χ1n) is 8.20. The quantitative estimate of drug-likeness (QED) is 0.498. The summed E-state index contributed by atoms with van der Waals surface area (Å²) in [5, 5.41) is 14.2. The van der Waals surface area contributed by atoms with Crippen LogP contribution in [0.1, 0.15) is 44.5 Å². The van der Waals surface area contributed by atoms with Crippen LogP contribution in [0, 0.1) is 16.0 Å². The van der Waals surface area contributed by atoms with Crippen LogP contribution in [-0.4, -0.2) is 23.9 Å². The predicted molar refractivity (Wildman–Crippen MR) is 97.9 cm³/mol. The van der Waals surface area contributed by atoms with Crippen molar-refractivity contribution in [1.29, 1.82) is 0 Å². The Morgan fingerprint density at radius 1 is 1.35 bits per heavy atom. The SMILES string of the molecule is COC(=O)c1c(NC(=O)c2ccccc2[N+](=O)[O-])sc2c1CC[C@@H](C)C2. The number of hydrogen-bond acceptors (Lipinski definition) is 6. The van der Waals surface area contributed by atoms with Gasteiger partial charge in [-0.1, -0.05) is 19.1 Å². The number of thiophene rings is 1. The molecule has 0 saturated carbocycles. The van der Waals surface area contributed by atoms with Crippen molar-refractivity contribution in [3.8, 4) is 0 Å². The summed E-state index contributed by atoms with van der Waals surface area (Å²) in [7, 11) is 1.30. The minimum atomic E-state index is -0.617. The Bertz CT molecular complexity index is 890. The summed E-state index contributed by atoms with van der Waals surface area (Å²) in [5.41, 5.74) is 0.955. The number of carbonyl (C=O) groups is 2. The fraction of sp³-hybridized carbons (Fsp3) is 0.333. The van der Waals surface area contributed by atoms with E-state index in [-0.39, 0.29) is 11.3 Å². The summed E-state index contributed by atoms with van der Waals surface area (Å²) in [6.07, 6.45) is 2.55. The molecule has 8 heteroatoms. The Balaban J connectivity index is 1.99. The molecule has 0 bridgehead atoms. The van der Waals surface area contributed by atoms with Gasteiger partial charge in [-0.2, -0.15) is 0 Å². The van der Waals surface area contributed by atoms with E-state index in [1.165, 1.54) is 36.6 Å². The molecule has 0 fully saturated rings. The topological polar surface area (TPSA) is 98.5 Å². The molecule has 0 saturated heterocycles. The average Bonchev–Trinajstić information content (AvgIpc) is 2.97. The zero-order valence-corrected chi connectivity index (χ0v) is 15.2. The summed E-state index contributed by atoms with van der Waals surface area (Å²) < 4.78 is 4.89. The standard InChI is InChI=1S/C18H18N2O5S/c1-10-7-8-12-14(9-10)26-17(15(12)18(22)25-2)19-16(21)11-5-3-4-6-13(11)20(23)24/h3-6,10H,7-9H2,1-2H3,(H,19,21)/t10-/m1/s1. The molecule has 136 valence electrons. The van der Waals surface area contributed by atoms with Gasteiger partial charge in [0.15, 0.2) is 0 Å². The Morgan fingerprint density at radius 3 is 2.77 bits per heavy atom. The highest BCUT2D eigenvalue weighted by Crippen LogP contribution is 2.40. The third kappa shape index (κ3) is 3.32. The summed E-state index contributed by atoms with van der Waals surface area (Å²) in [6, 6.07) is 5.72. The van der Waals surface area contributed by atoms with Gasteiger partial charge < -0.3 is 10.1 Å². The van der Waals surface area contributed by atoms with Crippen molar-refractivity contribution < 1.29 is 19.2 Å². The number of carbonyl (C=O) groups excluding carboxylic acids is 2. The Labute approximate surface area is 154 Å². The van der Waals surface area contributed by atoms with Gasteiger partial charge in [0.2, 0.25) is 0 Å². The molecule has 7 nitrogen and oxygen atoms in total. The number of nitrogens with one attached hydrogen (secondary N) is 1. The van der Waals surface area contributed by atoms with E-state index in [0.717, 1.165) is 29.7 Å². The minimum Gasteiger partial charge on any atom is -0.465 e. The number of nitro groups is 1. The number of fused-ring (bicyclic) bond motifs is 1. The highest BCUT2D eigenvalue weighted by atomic mass is 32.1. The van der Waals surface area contributed by atoms with Crippen molar-refractivity contribution >= 4 is 33.9 Å². The number of nitrogens with zero attached hydrogens (tertiary/aromatic N) is 1. The van der Waals surface area contributed by atoms with E-state index < -0.39 is 16.8 Å². The number of nitro benzene ring substituents is 1. The number of amides is 1. The van der Waals surface area contributed by atoms with Gasteiger partial charge in [0.05, 0.1) is 17.6 Å². The van der Waals surface area contributed by atoms with Gasteiger partial charge in [0.25, 0.3) is 11.6 Å². The Kier molecular flexibility index (Phi) is 5.03. The lowest BCUT2D eigenvalue weighted by Crippen LogP contribution is -2.16. The number of para-hydroxylation sites is 1. The van der Waals surface area contributed by atoms with Gasteiger partial charge >= 0.3 is 5.97 Å². The normalized spacial score (nSPS) is 15.8. The Morgan fingerprint density at radius 2 is 2.08 bits per heavy atom. The molecule has 1 amide bonds. The lowest BCUT2D eigenvalue weighted by Gasteiger charge is -2.18. The lowest BCUT2D eigenvalue weighted by molar-refractivity contribution is -0.385. The van der Waals surface area contributed by atoms with Crippen molar-refractivity contribution in [2.75, 3.05) is 12.4 Å². The summed E-state index contributed by atoms with van der Waals surface area (Å²) >= 11 is 1.34. The molecule has 1 aliphatic rings. The number of benzene rings is 1. The monoisotopic (exact) mass is 374 g/mol. The van der Waals surface area contributed by atoms with E-state index in [1.807, 2.05) is 0 Å². The van der Waals surface area contributed by atoms with Crippen LogP contribution in [0.5, 0.6) is 0 Å². The first kappa shape index (κ1) is 18.1. The van der Waals surface area contributed by atoms with Crippen molar-refractivity contribution in [2.45, 2.75) is 26.2 Å². The van der Waals surface area contributed by atoms with Crippen LogP contribution in [0.25, 0.3) is 0 Å². The van der Waals surface area contributed by atoms with Crippen molar-refractivity contribution in [2.24, 2.45) is 5.92 Å². The molecule has 0 aliphatic heterocycles. The smallest absolute Gasteiger partial charge is 0.341 e. The van der Waals surface area contributed by atoms with Crippen molar-refractivity contribution in [3.05, 3.63) is 55.9 Å². The molecule has 1 heterocycles. The number of hydrogen-bond donors (Lipinski definition) is 1. The molecule has 0 radical (unpaired) electrons. The van der Waals surface area contributed by atoms with Crippen LogP contribution in [-0.2, 0) is 17.6 Å². The first-order chi connectivity index (χ1) is 12.4. The third-order valence-electron chi connectivity index (χ3n) is 4.47. The van der Waals surface area contributed by atoms with Gasteiger partial charge in [0.1, 0.15) is 10.6 Å². The lowest BCUT2D eigenvalue weighted by atomic mass is 9.88. The molecule has 1 atom stereocenters. The highest BCUT2D eigenvalue weighted by molar-refractivity contribution is 7.17. The molecule has 3 rings (SSSR count). The number of methoxy groups -OCH3 is 1. The fourth-order valence-corrected chi connectivity index (χ4v) is 4.55. The molecule has 26 heavy (non-hydrogen) atoms. The zero-order valence-electron chi connectivity index (χ0n) is 14.4. The molecule has 1 aliphatic carbocycles. The van der Waals surface area contributed by atoms with Crippen molar-refractivity contribution in [3.63, 3.8) is 0 Å². The average molecular weight is 374 g/mol. The highest BCUT2D eigenvalue weighted by Gasteiger charge is 2.30. The summed E-state index contributed by atoms with van der Waals surface area (Å²) in [5.74, 6) is -0.616. The minimum absolute atomic E-state index is 0.0481. The van der Waals surface area contributed by atoms with Crippen LogP contribution >= 0.6 is 11.3 Å². The molecular formula is C18H18N2O5S. The third-order valence-corrected chi connectivity index (χ3v) is 5.64. The van der Waals surface area contributed by atoms with Crippen LogP contribution in [0.4, 0.5) is 10.7 Å². The molecule has 1 N–H and O–H groups in total. The largest absolute Gasteiger partial charge is 0.465 e. The molecule has 0 unspecified atom stereocenters. The van der Waals surface area contributed by atoms with Gasteiger partial charge in [-0.25, -0.2) is 4.79 Å². The van der Waals surface area contributed by atoms with Gasteiger partial charge in [-0.15, -0.1) is 11.3 Å². The maximum absolute atomic E-state index is 12.6. The first-order valence-corrected chi connectivity index (χ1v) is 9.01. The van der Waals surface area contributed by atoms with E-state index in [9.17, 15) is 19.7 Å².